The zero-order chi connectivity index (χ0) is 16.8. The van der Waals surface area contributed by atoms with Gasteiger partial charge in [0.25, 0.3) is 17.7 Å². The Morgan fingerprint density at radius 3 is 2.50 bits per heavy atom. The monoisotopic (exact) mass is 328 g/mol. The first kappa shape index (κ1) is 14.9. The Labute approximate surface area is 138 Å². The van der Waals surface area contributed by atoms with E-state index in [1.807, 2.05) is 19.1 Å². The first-order chi connectivity index (χ1) is 11.5. The Morgan fingerprint density at radius 2 is 1.88 bits per heavy atom. The summed E-state index contributed by atoms with van der Waals surface area (Å²) in [6, 6.07) is 7.26. The number of carbonyl (C=O) groups is 3. The smallest absolute Gasteiger partial charge is 0.276 e. The third kappa shape index (κ3) is 2.28. The van der Waals surface area contributed by atoms with Gasteiger partial charge in [-0.2, -0.15) is 5.01 Å². The third-order valence-corrected chi connectivity index (χ3v) is 4.51. The van der Waals surface area contributed by atoms with Crippen molar-refractivity contribution in [3.63, 3.8) is 0 Å². The molecule has 1 aromatic carbocycles. The van der Waals surface area contributed by atoms with Crippen LogP contribution >= 0.6 is 0 Å². The molecule has 1 aromatic rings. The Balaban J connectivity index is 1.38. The summed E-state index contributed by atoms with van der Waals surface area (Å²) in [6.07, 6.45) is 2.84. The number of amides is 3. The minimum atomic E-state index is -0.556. The van der Waals surface area contributed by atoms with E-state index in [9.17, 15) is 14.4 Å². The molecule has 3 heterocycles. The summed E-state index contributed by atoms with van der Waals surface area (Å²) in [5, 5.41) is 0.812. The van der Waals surface area contributed by atoms with Gasteiger partial charge in [0.15, 0.2) is 6.61 Å². The summed E-state index contributed by atoms with van der Waals surface area (Å²) in [5.74, 6) is -1.93. The summed E-state index contributed by atoms with van der Waals surface area (Å²) in [4.78, 5) is 36.8. The Hall–Kier alpha value is -2.67. The molecule has 0 saturated carbocycles. The maximum atomic E-state index is 12.4. The summed E-state index contributed by atoms with van der Waals surface area (Å²) >= 11 is 0. The number of carbonyl (C=O) groups excluding carboxylic acids is 3. The topological polar surface area (TPSA) is 84.9 Å². The number of fused-ring (bicyclic) bond motifs is 5. The van der Waals surface area contributed by atoms with Gasteiger partial charge in [-0.25, -0.2) is 0 Å². The highest BCUT2D eigenvalue weighted by molar-refractivity contribution is 6.07. The average Bonchev–Trinajstić information content (AvgIpc) is 3.23. The number of rotatable bonds is 4. The van der Waals surface area contributed by atoms with E-state index in [0.29, 0.717) is 5.75 Å². The molecule has 7 heteroatoms. The van der Waals surface area contributed by atoms with E-state index in [0.717, 1.165) is 10.6 Å². The molecule has 0 aliphatic carbocycles. The van der Waals surface area contributed by atoms with E-state index in [4.69, 9.17) is 9.47 Å². The van der Waals surface area contributed by atoms with Crippen LogP contribution in [0.25, 0.3) is 0 Å². The Kier molecular flexibility index (Phi) is 3.38. The Bertz CT molecular complexity index is 729. The molecule has 2 saturated heterocycles. The highest BCUT2D eigenvalue weighted by atomic mass is 16.5. The fraction of sp³-hybridized carbons (Fsp3) is 0.353. The van der Waals surface area contributed by atoms with Crippen LogP contribution in [0, 0.1) is 18.8 Å². The van der Waals surface area contributed by atoms with E-state index in [-0.39, 0.29) is 18.8 Å². The fourth-order valence-corrected chi connectivity index (χ4v) is 3.42. The van der Waals surface area contributed by atoms with Gasteiger partial charge < -0.3 is 9.47 Å². The molecule has 1 N–H and O–H groups in total. The predicted molar refractivity (Wildman–Crippen MR) is 81.5 cm³/mol. The quantitative estimate of drug-likeness (QED) is 0.636. The number of hydrazine groups is 1. The molecule has 3 amide bonds. The molecule has 0 aromatic heterocycles. The van der Waals surface area contributed by atoms with Crippen molar-refractivity contribution < 1.29 is 23.9 Å². The van der Waals surface area contributed by atoms with Crippen LogP contribution in [0.3, 0.4) is 0 Å². The summed E-state index contributed by atoms with van der Waals surface area (Å²) in [5.41, 5.74) is 3.36. The Morgan fingerprint density at radius 1 is 1.21 bits per heavy atom. The van der Waals surface area contributed by atoms with E-state index >= 15 is 0 Å². The molecule has 0 unspecified atom stereocenters. The number of aryl methyl sites for hydroxylation is 1. The molecule has 4 atom stereocenters. The number of benzene rings is 1. The van der Waals surface area contributed by atoms with E-state index in [2.05, 4.69) is 5.43 Å². The number of nitrogens with one attached hydrogen (secondary N) is 1. The second-order valence-electron chi connectivity index (χ2n) is 6.15. The minimum absolute atomic E-state index is 0.280. The molecular formula is C17H16N2O5. The summed E-state index contributed by atoms with van der Waals surface area (Å²) in [7, 11) is 0. The second kappa shape index (κ2) is 5.45. The van der Waals surface area contributed by atoms with Crippen LogP contribution in [-0.4, -0.2) is 41.5 Å². The van der Waals surface area contributed by atoms with Crippen molar-refractivity contribution >= 4 is 17.7 Å². The van der Waals surface area contributed by atoms with E-state index in [1.54, 1.807) is 24.3 Å². The second-order valence-corrected chi connectivity index (χ2v) is 6.15. The largest absolute Gasteiger partial charge is 0.484 e. The van der Waals surface area contributed by atoms with Crippen LogP contribution in [-0.2, 0) is 19.1 Å². The lowest BCUT2D eigenvalue weighted by molar-refractivity contribution is -0.151. The molecule has 24 heavy (non-hydrogen) atoms. The fourth-order valence-electron chi connectivity index (χ4n) is 3.42. The minimum Gasteiger partial charge on any atom is -0.484 e. The van der Waals surface area contributed by atoms with Crippen molar-refractivity contribution in [2.75, 3.05) is 6.61 Å². The van der Waals surface area contributed by atoms with Gasteiger partial charge in [-0.15, -0.1) is 0 Å². The van der Waals surface area contributed by atoms with Crippen LogP contribution in [0.5, 0.6) is 5.75 Å². The number of nitrogens with zero attached hydrogens (tertiary/aromatic N) is 1. The number of hydrogen-bond donors (Lipinski definition) is 1. The number of ether oxygens (including phenoxy) is 2. The highest BCUT2D eigenvalue weighted by Crippen LogP contribution is 2.44. The van der Waals surface area contributed by atoms with Gasteiger partial charge in [-0.05, 0) is 24.6 Å². The lowest BCUT2D eigenvalue weighted by Crippen LogP contribution is -2.49. The van der Waals surface area contributed by atoms with Crippen molar-refractivity contribution in [2.45, 2.75) is 19.1 Å². The molecule has 3 aliphatic heterocycles. The predicted octanol–water partition coefficient (Wildman–Crippen LogP) is 0.343. The summed E-state index contributed by atoms with van der Waals surface area (Å²) < 4.78 is 10.9. The van der Waals surface area contributed by atoms with Crippen molar-refractivity contribution in [3.05, 3.63) is 42.0 Å². The van der Waals surface area contributed by atoms with Gasteiger partial charge in [-0.3, -0.25) is 19.8 Å². The van der Waals surface area contributed by atoms with Gasteiger partial charge in [-0.1, -0.05) is 24.3 Å². The first-order valence-electron chi connectivity index (χ1n) is 7.75. The van der Waals surface area contributed by atoms with Crippen LogP contribution in [0.2, 0.25) is 0 Å². The SMILES string of the molecule is Cc1cccc(OCC(=O)NN2C(=O)[C@@H]3[C@H](C2=O)[C@H]2C=C[C@@H]3O2)c1. The molecule has 0 spiro atoms. The zero-order valence-corrected chi connectivity index (χ0v) is 13.0. The molecule has 2 fully saturated rings. The van der Waals surface area contributed by atoms with E-state index < -0.39 is 29.6 Å². The molecule has 4 rings (SSSR count). The standard InChI is InChI=1S/C17H16N2O5/c1-9-3-2-4-10(7-9)23-8-13(20)18-19-16(21)14-11-5-6-12(24-11)15(14)17(19)22/h2-7,11-12,14-15H,8H2,1H3,(H,18,20)/t11-,12+,14-,15+. The molecule has 3 aliphatic rings. The lowest BCUT2D eigenvalue weighted by atomic mass is 9.85. The third-order valence-electron chi connectivity index (χ3n) is 4.51. The van der Waals surface area contributed by atoms with Crippen molar-refractivity contribution in [1.29, 1.82) is 0 Å². The molecule has 124 valence electrons. The van der Waals surface area contributed by atoms with Gasteiger partial charge in [0.1, 0.15) is 5.75 Å². The maximum absolute atomic E-state index is 12.4. The van der Waals surface area contributed by atoms with Crippen LogP contribution < -0.4 is 10.2 Å². The lowest BCUT2D eigenvalue weighted by Gasteiger charge is -2.18. The molecule has 2 bridgehead atoms. The van der Waals surface area contributed by atoms with Gasteiger partial charge in [0.05, 0.1) is 24.0 Å². The van der Waals surface area contributed by atoms with Gasteiger partial charge in [0.2, 0.25) is 0 Å². The van der Waals surface area contributed by atoms with Gasteiger partial charge in [0, 0.05) is 0 Å². The van der Waals surface area contributed by atoms with Crippen LogP contribution in [0.4, 0.5) is 0 Å². The summed E-state index contributed by atoms with van der Waals surface area (Å²) in [6.45, 7) is 1.63. The van der Waals surface area contributed by atoms with Crippen LogP contribution in [0.1, 0.15) is 5.56 Å². The maximum Gasteiger partial charge on any atom is 0.276 e. The number of imide groups is 1. The number of hydrogen-bond acceptors (Lipinski definition) is 5. The highest BCUT2D eigenvalue weighted by Gasteiger charge is 2.61. The van der Waals surface area contributed by atoms with Crippen molar-refractivity contribution in [3.8, 4) is 5.75 Å². The molecular weight excluding hydrogens is 312 g/mol. The van der Waals surface area contributed by atoms with Crippen molar-refractivity contribution in [1.82, 2.24) is 10.4 Å². The van der Waals surface area contributed by atoms with E-state index in [1.165, 1.54) is 0 Å². The van der Waals surface area contributed by atoms with Crippen molar-refractivity contribution in [2.24, 2.45) is 11.8 Å². The first-order valence-corrected chi connectivity index (χ1v) is 7.75. The zero-order valence-electron chi connectivity index (χ0n) is 13.0. The molecule has 7 nitrogen and oxygen atoms in total. The molecule has 0 radical (unpaired) electrons. The van der Waals surface area contributed by atoms with Gasteiger partial charge >= 0.3 is 0 Å². The van der Waals surface area contributed by atoms with Crippen LogP contribution in [0.15, 0.2) is 36.4 Å². The normalized spacial score (nSPS) is 30.0. The average molecular weight is 328 g/mol.